The predicted octanol–water partition coefficient (Wildman–Crippen LogP) is 14.7. The molecule has 2 unspecified atom stereocenters. The monoisotopic (exact) mass is 730 g/mol. The van der Waals surface area contributed by atoms with Gasteiger partial charge in [0.05, 0.1) is 16.6 Å². The first-order valence-electron chi connectivity index (χ1n) is 19.0. The third-order valence-corrected chi connectivity index (χ3v) is 14.0. The Morgan fingerprint density at radius 2 is 1.41 bits per heavy atom. The molecule has 2 nitrogen and oxygen atoms in total. The van der Waals surface area contributed by atoms with Gasteiger partial charge in [-0.1, -0.05) is 116 Å². The van der Waals surface area contributed by atoms with E-state index in [1.165, 1.54) is 91.6 Å². The second kappa shape index (κ2) is 12.5. The van der Waals surface area contributed by atoms with Crippen molar-refractivity contribution in [1.29, 1.82) is 0 Å². The smallest absolute Gasteiger partial charge is 0.0548 e. The number of para-hydroxylation sites is 2. The highest BCUT2D eigenvalue weighted by Gasteiger charge is 2.26. The molecule has 5 aromatic carbocycles. The maximum absolute atomic E-state index is 4.58. The van der Waals surface area contributed by atoms with Gasteiger partial charge in [-0.05, 0) is 113 Å². The average Bonchev–Trinajstić information content (AvgIpc) is 3.86. The van der Waals surface area contributed by atoms with Crippen molar-refractivity contribution in [2.75, 3.05) is 0 Å². The Morgan fingerprint density at radius 1 is 0.611 bits per heavy atom. The lowest BCUT2D eigenvalue weighted by atomic mass is 9.90. The molecular weight excluding hydrogens is 693 g/mol. The minimum Gasteiger partial charge on any atom is -0.310 e. The van der Waals surface area contributed by atoms with Crippen LogP contribution in [-0.2, 0) is 0 Å². The number of benzene rings is 5. The van der Waals surface area contributed by atoms with E-state index in [0.29, 0.717) is 11.8 Å². The van der Waals surface area contributed by atoms with Gasteiger partial charge >= 0.3 is 0 Å². The molecule has 0 amide bonds. The van der Waals surface area contributed by atoms with Gasteiger partial charge in [0.2, 0.25) is 0 Å². The zero-order valence-corrected chi connectivity index (χ0v) is 31.8. The summed E-state index contributed by atoms with van der Waals surface area (Å²) in [5.74, 6) is 0.971. The molecule has 2 aliphatic carbocycles. The normalized spacial score (nSPS) is 19.2. The molecule has 0 bridgehead atoms. The number of rotatable bonds is 3. The minimum atomic E-state index is 0.427. The highest BCUT2D eigenvalue weighted by Crippen LogP contribution is 2.46. The van der Waals surface area contributed by atoms with E-state index in [0.717, 1.165) is 24.2 Å². The fourth-order valence-corrected chi connectivity index (χ4v) is 11.3. The summed E-state index contributed by atoms with van der Waals surface area (Å²) in [6.45, 7) is 6.96. The Balaban J connectivity index is 1.08. The molecule has 0 N–H and O–H groups in total. The van der Waals surface area contributed by atoms with E-state index in [2.05, 4.69) is 174 Å². The van der Waals surface area contributed by atoms with E-state index in [1.807, 2.05) is 23.1 Å². The summed E-state index contributed by atoms with van der Waals surface area (Å²) in [6, 6.07) is 38.7. The fraction of sp³-hybridized carbons (Fsp3) is 0.120. The van der Waals surface area contributed by atoms with Gasteiger partial charge in [-0.15, -0.1) is 11.3 Å². The first kappa shape index (κ1) is 31.9. The third-order valence-electron chi connectivity index (χ3n) is 11.7. The SMILES string of the molecule is C=C1SC2=CC=CCC2C/C=C\C=C1c1ccc2c(c1)sc1ccc(-n3c4c(c5cc6c(cc53)c3ccccc3n6-c3ccccc3)C(C)CC=C4)cc12. The number of thioether (sulfide) groups is 1. The summed E-state index contributed by atoms with van der Waals surface area (Å²) in [6.07, 6.45) is 21.5. The largest absolute Gasteiger partial charge is 0.310 e. The van der Waals surface area contributed by atoms with Crippen molar-refractivity contribution < 1.29 is 0 Å². The van der Waals surface area contributed by atoms with Gasteiger partial charge in [-0.3, -0.25) is 0 Å². The van der Waals surface area contributed by atoms with Crippen LogP contribution in [0, 0.1) is 5.92 Å². The minimum absolute atomic E-state index is 0.427. The van der Waals surface area contributed by atoms with Gasteiger partial charge in [0.1, 0.15) is 0 Å². The number of thiophene rings is 1. The van der Waals surface area contributed by atoms with Gasteiger partial charge in [-0.25, -0.2) is 0 Å². The van der Waals surface area contributed by atoms with Crippen LogP contribution in [0.15, 0.2) is 162 Å². The van der Waals surface area contributed by atoms with Crippen molar-refractivity contribution in [2.45, 2.75) is 32.1 Å². The third kappa shape index (κ3) is 4.93. The standard InChI is InChI=1S/C50H38N2S2/c1-31-13-12-21-44-50(31)42-30-45-40(38-19-9-10-20-43(38)51(45)35-16-4-3-5-17-35)29-46(42)52(44)36-24-26-48-41(28-36)39-25-23-34(27-49(39)54-48)37-18-8-6-14-33-15-7-11-22-47(33)53-32(37)2/h3-12,16-31,33H,2,13-15H2,1H3/b8-6-,37-18?. The molecule has 8 aromatic rings. The molecule has 3 aliphatic rings. The van der Waals surface area contributed by atoms with Crippen LogP contribution in [0.3, 0.4) is 0 Å². The number of nitrogens with zero attached hydrogens (tertiary/aromatic N) is 2. The van der Waals surface area contributed by atoms with Crippen LogP contribution < -0.4 is 0 Å². The lowest BCUT2D eigenvalue weighted by molar-refractivity contribution is 0.658. The number of hydrogen-bond acceptors (Lipinski definition) is 2. The van der Waals surface area contributed by atoms with Gasteiger partial charge in [0.15, 0.2) is 0 Å². The zero-order chi connectivity index (χ0) is 35.9. The van der Waals surface area contributed by atoms with Gasteiger partial charge in [-0.2, -0.15) is 0 Å². The van der Waals surface area contributed by atoms with Crippen molar-refractivity contribution in [3.8, 4) is 11.4 Å². The van der Waals surface area contributed by atoms with Gasteiger partial charge in [0.25, 0.3) is 0 Å². The van der Waals surface area contributed by atoms with Crippen LogP contribution in [0.2, 0.25) is 0 Å². The van der Waals surface area contributed by atoms with Crippen LogP contribution in [0.25, 0.3) is 75.9 Å². The molecule has 4 heteroatoms. The summed E-state index contributed by atoms with van der Waals surface area (Å²) < 4.78 is 7.59. The van der Waals surface area contributed by atoms with Crippen LogP contribution >= 0.6 is 23.1 Å². The molecule has 0 fully saturated rings. The highest BCUT2D eigenvalue weighted by atomic mass is 32.2. The first-order valence-corrected chi connectivity index (χ1v) is 20.7. The lowest BCUT2D eigenvalue weighted by Gasteiger charge is -2.20. The molecule has 260 valence electrons. The number of hydrogen-bond donors (Lipinski definition) is 0. The van der Waals surface area contributed by atoms with Crippen LogP contribution in [0.4, 0.5) is 0 Å². The summed E-state index contributed by atoms with van der Waals surface area (Å²) in [7, 11) is 0. The molecule has 0 saturated carbocycles. The maximum Gasteiger partial charge on any atom is 0.0548 e. The topological polar surface area (TPSA) is 9.86 Å². The summed E-state index contributed by atoms with van der Waals surface area (Å²) in [5.41, 5.74) is 11.3. The maximum atomic E-state index is 4.58. The zero-order valence-electron chi connectivity index (χ0n) is 30.1. The van der Waals surface area contributed by atoms with E-state index >= 15 is 0 Å². The molecular formula is C50H38N2S2. The molecule has 0 spiro atoms. The summed E-state index contributed by atoms with van der Waals surface area (Å²) in [4.78, 5) is 2.53. The first-order chi connectivity index (χ1) is 26.6. The lowest BCUT2D eigenvalue weighted by Crippen LogP contribution is -2.02. The van der Waals surface area contributed by atoms with Crippen molar-refractivity contribution in [3.63, 3.8) is 0 Å². The Labute approximate surface area is 323 Å². The number of allylic oxidation sites excluding steroid dienone is 9. The molecule has 54 heavy (non-hydrogen) atoms. The van der Waals surface area contributed by atoms with Gasteiger partial charge in [0, 0.05) is 58.3 Å². The molecule has 11 rings (SSSR count). The van der Waals surface area contributed by atoms with Crippen LogP contribution in [-0.4, -0.2) is 9.13 Å². The Bertz CT molecular complexity index is 3030. The predicted molar refractivity (Wildman–Crippen MR) is 236 cm³/mol. The summed E-state index contributed by atoms with van der Waals surface area (Å²) >= 11 is 3.73. The van der Waals surface area contributed by atoms with E-state index in [-0.39, 0.29) is 0 Å². The van der Waals surface area contributed by atoms with Crippen molar-refractivity contribution >= 4 is 87.6 Å². The Hall–Kier alpha value is -5.55. The Morgan fingerprint density at radius 3 is 2.30 bits per heavy atom. The van der Waals surface area contributed by atoms with E-state index in [1.54, 1.807) is 0 Å². The van der Waals surface area contributed by atoms with Crippen molar-refractivity contribution in [2.24, 2.45) is 5.92 Å². The molecule has 0 saturated heterocycles. The number of aromatic nitrogens is 2. The molecule has 1 aliphatic heterocycles. The fourth-order valence-electron chi connectivity index (χ4n) is 9.12. The molecule has 4 heterocycles. The van der Waals surface area contributed by atoms with Crippen LogP contribution in [0.5, 0.6) is 0 Å². The van der Waals surface area contributed by atoms with E-state index in [9.17, 15) is 0 Å². The van der Waals surface area contributed by atoms with Crippen LogP contribution in [0.1, 0.15) is 48.9 Å². The molecule has 3 aromatic heterocycles. The van der Waals surface area contributed by atoms with Gasteiger partial charge < -0.3 is 9.13 Å². The molecule has 2 atom stereocenters. The van der Waals surface area contributed by atoms with Crippen molar-refractivity contribution in [1.82, 2.24) is 9.13 Å². The van der Waals surface area contributed by atoms with E-state index in [4.69, 9.17) is 0 Å². The second-order valence-corrected chi connectivity index (χ2v) is 17.2. The average molecular weight is 731 g/mol. The highest BCUT2D eigenvalue weighted by molar-refractivity contribution is 8.07. The van der Waals surface area contributed by atoms with E-state index < -0.39 is 0 Å². The quantitative estimate of drug-likeness (QED) is 0.176. The molecule has 0 radical (unpaired) electrons. The second-order valence-electron chi connectivity index (χ2n) is 14.9. The van der Waals surface area contributed by atoms with Crippen molar-refractivity contribution in [3.05, 3.63) is 179 Å². The Kier molecular flexibility index (Phi) is 7.40. The number of fused-ring (bicyclic) bond motifs is 10. The summed E-state index contributed by atoms with van der Waals surface area (Å²) in [5, 5.41) is 6.52.